The lowest BCUT2D eigenvalue weighted by Crippen LogP contribution is -2.34. The highest BCUT2D eigenvalue weighted by Gasteiger charge is 2.15. The van der Waals surface area contributed by atoms with Crippen LogP contribution >= 0.6 is 46.1 Å². The number of aryl methyl sites for hydroxylation is 1. The fraction of sp³-hybridized carbons (Fsp3) is 0.105. The van der Waals surface area contributed by atoms with Gasteiger partial charge in [-0.15, -0.1) is 10.2 Å². The molecule has 1 amide bonds. The molecule has 2 heterocycles. The van der Waals surface area contributed by atoms with Gasteiger partial charge in [-0.25, -0.2) is 0 Å². The molecule has 7 nitrogen and oxygen atoms in total. The number of fused-ring (bicyclic) bond motifs is 1. The smallest absolute Gasteiger partial charge is 0.258 e. The summed E-state index contributed by atoms with van der Waals surface area (Å²) in [6.07, 6.45) is 0. The van der Waals surface area contributed by atoms with Crippen molar-refractivity contribution in [2.45, 2.75) is 13.8 Å². The maximum Gasteiger partial charge on any atom is 0.258 e. The number of halogens is 1. The lowest BCUT2D eigenvalue weighted by atomic mass is 10.1. The number of rotatable bonds is 3. The Labute approximate surface area is 189 Å². The SMILES string of the molecule is Cc1c(NC(=S)NC(=O)c2ccccc2I)cccc1-c1nn2c(C)nnc2s1. The number of benzene rings is 2. The molecule has 0 fully saturated rings. The zero-order valence-electron chi connectivity index (χ0n) is 15.4. The van der Waals surface area contributed by atoms with Crippen LogP contribution in [0.25, 0.3) is 15.5 Å². The Kier molecular flexibility index (Phi) is 5.56. The molecule has 0 unspecified atom stereocenters. The van der Waals surface area contributed by atoms with Crippen molar-refractivity contribution >= 4 is 67.8 Å². The fourth-order valence-corrected chi connectivity index (χ4v) is 4.60. The van der Waals surface area contributed by atoms with E-state index in [-0.39, 0.29) is 11.0 Å². The first-order chi connectivity index (χ1) is 13.9. The number of carbonyl (C=O) groups is 1. The fourth-order valence-electron chi connectivity index (χ4n) is 2.80. The summed E-state index contributed by atoms with van der Waals surface area (Å²) in [7, 11) is 0. The minimum absolute atomic E-state index is 0.240. The first kappa shape index (κ1) is 19.9. The maximum absolute atomic E-state index is 12.5. The van der Waals surface area contributed by atoms with Crippen LogP contribution in [0, 0.1) is 17.4 Å². The Morgan fingerprint density at radius 1 is 1.14 bits per heavy atom. The Hall–Kier alpha value is -2.44. The number of hydrogen-bond acceptors (Lipinski definition) is 6. The van der Waals surface area contributed by atoms with E-state index in [1.807, 2.05) is 50.2 Å². The predicted octanol–water partition coefficient (Wildman–Crippen LogP) is 4.20. The molecule has 2 aromatic heterocycles. The number of aromatic nitrogens is 4. The topological polar surface area (TPSA) is 84.2 Å². The summed E-state index contributed by atoms with van der Waals surface area (Å²) in [4.78, 5) is 13.2. The number of anilines is 1. The van der Waals surface area contributed by atoms with E-state index < -0.39 is 0 Å². The third-order valence-corrected chi connectivity index (χ3v) is 6.38. The van der Waals surface area contributed by atoms with Crippen LogP contribution < -0.4 is 10.6 Å². The van der Waals surface area contributed by atoms with Crippen molar-refractivity contribution in [2.24, 2.45) is 0 Å². The van der Waals surface area contributed by atoms with Gasteiger partial charge >= 0.3 is 0 Å². The zero-order valence-corrected chi connectivity index (χ0v) is 19.2. The van der Waals surface area contributed by atoms with Gasteiger partial charge < -0.3 is 5.32 Å². The first-order valence-corrected chi connectivity index (χ1v) is 10.9. The van der Waals surface area contributed by atoms with E-state index in [9.17, 15) is 4.79 Å². The zero-order chi connectivity index (χ0) is 20.5. The molecule has 10 heteroatoms. The number of thiocarbonyl (C=S) groups is 1. The highest BCUT2D eigenvalue weighted by molar-refractivity contribution is 14.1. The molecule has 4 aromatic rings. The Balaban J connectivity index is 1.55. The van der Waals surface area contributed by atoms with Gasteiger partial charge in [-0.05, 0) is 72.4 Å². The molecule has 4 rings (SSSR count). The third kappa shape index (κ3) is 4.00. The van der Waals surface area contributed by atoms with Crippen LogP contribution in [0.1, 0.15) is 21.7 Å². The summed E-state index contributed by atoms with van der Waals surface area (Å²) in [6, 6.07) is 13.2. The molecule has 0 spiro atoms. The monoisotopic (exact) mass is 534 g/mol. The van der Waals surface area contributed by atoms with E-state index in [0.717, 1.165) is 36.2 Å². The molecule has 146 valence electrons. The number of carbonyl (C=O) groups excluding carboxylic acids is 1. The van der Waals surface area contributed by atoms with E-state index >= 15 is 0 Å². The largest absolute Gasteiger partial charge is 0.332 e. The molecule has 0 aliphatic rings. The predicted molar refractivity (Wildman–Crippen MR) is 126 cm³/mol. The molecular weight excluding hydrogens is 519 g/mol. The molecule has 29 heavy (non-hydrogen) atoms. The van der Waals surface area contributed by atoms with Crippen LogP contribution in [0.3, 0.4) is 0 Å². The molecule has 0 saturated heterocycles. The van der Waals surface area contributed by atoms with Crippen LogP contribution in [0.15, 0.2) is 42.5 Å². The molecule has 2 aromatic carbocycles. The molecule has 0 atom stereocenters. The lowest BCUT2D eigenvalue weighted by molar-refractivity contribution is 0.0977. The maximum atomic E-state index is 12.5. The van der Waals surface area contributed by atoms with Crippen molar-refractivity contribution < 1.29 is 4.79 Å². The summed E-state index contributed by atoms with van der Waals surface area (Å²) in [5.74, 6) is 0.499. The average Bonchev–Trinajstić information content (AvgIpc) is 3.26. The summed E-state index contributed by atoms with van der Waals surface area (Å²) in [5, 5.41) is 19.7. The number of amides is 1. The normalized spacial score (nSPS) is 10.9. The van der Waals surface area contributed by atoms with Crippen molar-refractivity contribution in [1.29, 1.82) is 0 Å². The first-order valence-electron chi connectivity index (χ1n) is 8.59. The Morgan fingerprint density at radius 2 is 1.93 bits per heavy atom. The van der Waals surface area contributed by atoms with Crippen LogP contribution in [-0.4, -0.2) is 30.8 Å². The minimum Gasteiger partial charge on any atom is -0.332 e. The Bertz CT molecular complexity index is 1250. The summed E-state index contributed by atoms with van der Waals surface area (Å²) < 4.78 is 2.59. The van der Waals surface area contributed by atoms with Gasteiger partial charge in [-0.2, -0.15) is 9.61 Å². The number of hydrogen-bond donors (Lipinski definition) is 2. The van der Waals surface area contributed by atoms with E-state index in [1.165, 1.54) is 11.3 Å². The highest BCUT2D eigenvalue weighted by atomic mass is 127. The van der Waals surface area contributed by atoms with E-state index in [2.05, 4.69) is 48.5 Å². The van der Waals surface area contributed by atoms with Gasteiger partial charge in [-0.3, -0.25) is 10.1 Å². The van der Waals surface area contributed by atoms with Gasteiger partial charge in [0.15, 0.2) is 10.9 Å². The van der Waals surface area contributed by atoms with Crippen LogP contribution in [0.2, 0.25) is 0 Å². The molecule has 0 aliphatic carbocycles. The van der Waals surface area contributed by atoms with Crippen molar-refractivity contribution in [3.05, 3.63) is 63.0 Å². The second-order valence-corrected chi connectivity index (χ2v) is 8.74. The number of nitrogens with zero attached hydrogens (tertiary/aromatic N) is 4. The molecule has 2 N–H and O–H groups in total. The van der Waals surface area contributed by atoms with Gasteiger partial charge in [0.2, 0.25) is 4.96 Å². The van der Waals surface area contributed by atoms with Crippen LogP contribution in [0.4, 0.5) is 5.69 Å². The van der Waals surface area contributed by atoms with Crippen molar-refractivity contribution in [2.75, 3.05) is 5.32 Å². The van der Waals surface area contributed by atoms with Crippen LogP contribution in [0.5, 0.6) is 0 Å². The van der Waals surface area contributed by atoms with E-state index in [0.29, 0.717) is 5.56 Å². The van der Waals surface area contributed by atoms with Crippen molar-refractivity contribution in [3.8, 4) is 10.6 Å². The van der Waals surface area contributed by atoms with Gasteiger partial charge in [0.1, 0.15) is 5.01 Å². The quantitative estimate of drug-likeness (QED) is 0.303. The van der Waals surface area contributed by atoms with Crippen molar-refractivity contribution in [3.63, 3.8) is 0 Å². The summed E-state index contributed by atoms with van der Waals surface area (Å²) in [5.41, 5.74) is 3.33. The van der Waals surface area contributed by atoms with E-state index in [1.54, 1.807) is 10.6 Å². The lowest BCUT2D eigenvalue weighted by Gasteiger charge is -2.14. The standard InChI is InChI=1S/C19H15IN6OS2/c1-10-12(17-25-26-11(2)23-24-19(26)29-17)7-5-9-15(10)21-18(28)22-16(27)13-6-3-4-8-14(13)20/h3-9H,1-2H3,(H2,21,22,27,28). The molecule has 0 saturated carbocycles. The summed E-state index contributed by atoms with van der Waals surface area (Å²) >= 11 is 8.95. The van der Waals surface area contributed by atoms with Gasteiger partial charge in [0.05, 0.1) is 5.56 Å². The highest BCUT2D eigenvalue weighted by Crippen LogP contribution is 2.31. The molecule has 0 radical (unpaired) electrons. The van der Waals surface area contributed by atoms with E-state index in [4.69, 9.17) is 12.2 Å². The second-order valence-electron chi connectivity index (χ2n) is 6.22. The second kappa shape index (κ2) is 8.13. The molecule has 0 bridgehead atoms. The Morgan fingerprint density at radius 3 is 2.69 bits per heavy atom. The van der Waals surface area contributed by atoms with Crippen molar-refractivity contribution in [1.82, 2.24) is 25.1 Å². The molecular formula is C19H15IN6OS2. The third-order valence-electron chi connectivity index (χ3n) is 4.30. The number of nitrogens with one attached hydrogen (secondary N) is 2. The van der Waals surface area contributed by atoms with Gasteiger partial charge in [0.25, 0.3) is 5.91 Å². The van der Waals surface area contributed by atoms with Gasteiger partial charge in [0, 0.05) is 14.8 Å². The van der Waals surface area contributed by atoms with Gasteiger partial charge in [-0.1, -0.05) is 35.6 Å². The van der Waals surface area contributed by atoms with Crippen LogP contribution in [-0.2, 0) is 0 Å². The average molecular weight is 534 g/mol. The summed E-state index contributed by atoms with van der Waals surface area (Å²) in [6.45, 7) is 3.85. The minimum atomic E-state index is -0.245. The molecule has 0 aliphatic heterocycles.